The summed E-state index contributed by atoms with van der Waals surface area (Å²) in [7, 11) is 0. The largest absolute Gasteiger partial charge is 0.369 e. The molecule has 0 saturated carbocycles. The van der Waals surface area contributed by atoms with Crippen molar-refractivity contribution in [2.24, 2.45) is 5.73 Å². The first kappa shape index (κ1) is 16.5. The number of carbonyl (C=O) groups is 1. The van der Waals surface area contributed by atoms with E-state index in [2.05, 4.69) is 16.8 Å². The maximum atomic E-state index is 14.1. The second kappa shape index (κ2) is 6.41. The molecule has 4 nitrogen and oxygen atoms in total. The number of carbonyl (C=O) groups excluding carboxylic acids is 1. The molecule has 0 aliphatic carbocycles. The van der Waals surface area contributed by atoms with Gasteiger partial charge >= 0.3 is 0 Å². The molecule has 4 rings (SSSR count). The van der Waals surface area contributed by atoms with Crippen molar-refractivity contribution < 1.29 is 9.18 Å². The molecule has 0 radical (unpaired) electrons. The molecule has 0 spiro atoms. The van der Waals surface area contributed by atoms with Crippen LogP contribution in [0.4, 0.5) is 10.1 Å². The van der Waals surface area contributed by atoms with Gasteiger partial charge in [-0.25, -0.2) is 4.39 Å². The molecule has 5 heteroatoms. The number of anilines is 1. The van der Waals surface area contributed by atoms with Gasteiger partial charge in [0.05, 0.1) is 11.4 Å². The summed E-state index contributed by atoms with van der Waals surface area (Å²) in [6.45, 7) is 2.59. The molecule has 2 N–H and O–H groups in total. The van der Waals surface area contributed by atoms with Crippen LogP contribution in [0.1, 0.15) is 30.4 Å². The SMILES string of the molecule is C[C@H]1C[C@H](C(N)=O)c2ccccc2N1Cc1cc(F)cc2cccnc12. The summed E-state index contributed by atoms with van der Waals surface area (Å²) < 4.78 is 14.1. The number of hydrogen-bond acceptors (Lipinski definition) is 3. The van der Waals surface area contributed by atoms with Crippen LogP contribution in [0.15, 0.2) is 54.7 Å². The number of pyridine rings is 1. The van der Waals surface area contributed by atoms with Gasteiger partial charge in [0, 0.05) is 35.4 Å². The number of nitrogens with zero attached hydrogens (tertiary/aromatic N) is 2. The summed E-state index contributed by atoms with van der Waals surface area (Å²) in [5.74, 6) is -0.866. The van der Waals surface area contributed by atoms with E-state index in [1.807, 2.05) is 36.4 Å². The van der Waals surface area contributed by atoms with E-state index >= 15 is 0 Å². The van der Waals surface area contributed by atoms with E-state index in [0.717, 1.165) is 27.7 Å². The maximum Gasteiger partial charge on any atom is 0.225 e. The minimum atomic E-state index is -0.304. The van der Waals surface area contributed by atoms with Crippen molar-refractivity contribution in [1.29, 1.82) is 0 Å². The van der Waals surface area contributed by atoms with E-state index in [9.17, 15) is 9.18 Å². The fraction of sp³-hybridized carbons (Fsp3) is 0.238. The predicted octanol–water partition coefficient (Wildman–Crippen LogP) is 3.74. The summed E-state index contributed by atoms with van der Waals surface area (Å²) in [5.41, 5.74) is 9.17. The van der Waals surface area contributed by atoms with E-state index in [0.29, 0.717) is 13.0 Å². The van der Waals surface area contributed by atoms with Crippen molar-refractivity contribution in [3.63, 3.8) is 0 Å². The number of hydrogen-bond donors (Lipinski definition) is 1. The normalized spacial score (nSPS) is 19.4. The van der Waals surface area contributed by atoms with E-state index in [1.54, 1.807) is 12.3 Å². The van der Waals surface area contributed by atoms with Crippen LogP contribution in [-0.2, 0) is 11.3 Å². The van der Waals surface area contributed by atoms with Gasteiger partial charge in [0.2, 0.25) is 5.91 Å². The third-order valence-corrected chi connectivity index (χ3v) is 5.16. The second-order valence-corrected chi connectivity index (χ2v) is 6.87. The molecule has 2 atom stereocenters. The molecule has 0 unspecified atom stereocenters. The molecule has 0 bridgehead atoms. The quantitative estimate of drug-likeness (QED) is 0.783. The molecule has 2 heterocycles. The van der Waals surface area contributed by atoms with Crippen molar-refractivity contribution in [3.05, 3.63) is 71.7 Å². The number of fused-ring (bicyclic) bond motifs is 2. The average Bonchev–Trinajstić information content (AvgIpc) is 2.63. The average molecular weight is 349 g/mol. The number of rotatable bonds is 3. The Kier molecular flexibility index (Phi) is 4.07. The van der Waals surface area contributed by atoms with Gasteiger partial charge in [-0.15, -0.1) is 0 Å². The van der Waals surface area contributed by atoms with Crippen molar-refractivity contribution in [1.82, 2.24) is 4.98 Å². The Morgan fingerprint density at radius 1 is 1.27 bits per heavy atom. The first-order chi connectivity index (χ1) is 12.5. The molecule has 1 aliphatic rings. The Hall–Kier alpha value is -2.95. The highest BCUT2D eigenvalue weighted by Crippen LogP contribution is 2.39. The van der Waals surface area contributed by atoms with Gasteiger partial charge in [-0.05, 0) is 43.2 Å². The lowest BCUT2D eigenvalue weighted by atomic mass is 9.85. The number of nitrogens with two attached hydrogens (primary N) is 1. The molecular weight excluding hydrogens is 329 g/mol. The minimum Gasteiger partial charge on any atom is -0.369 e. The highest BCUT2D eigenvalue weighted by Gasteiger charge is 2.33. The van der Waals surface area contributed by atoms with Gasteiger partial charge in [-0.1, -0.05) is 24.3 Å². The summed E-state index contributed by atoms with van der Waals surface area (Å²) in [4.78, 5) is 18.5. The third-order valence-electron chi connectivity index (χ3n) is 5.16. The number of halogens is 1. The standard InChI is InChI=1S/C21H20FN3O/c1-13-9-18(21(23)26)17-6-2-3-7-19(17)25(13)12-15-11-16(22)10-14-5-4-8-24-20(14)15/h2-8,10-11,13,18H,9,12H2,1H3,(H2,23,26)/t13-,18-/m0/s1. The summed E-state index contributed by atoms with van der Waals surface area (Å²) in [5, 5.41) is 0.787. The smallest absolute Gasteiger partial charge is 0.225 e. The number of primary amides is 1. The monoisotopic (exact) mass is 349 g/mol. The Morgan fingerprint density at radius 2 is 2.08 bits per heavy atom. The Bertz CT molecular complexity index is 988. The van der Waals surface area contributed by atoms with Gasteiger partial charge in [0.25, 0.3) is 0 Å². The summed E-state index contributed by atoms with van der Waals surface area (Å²) >= 11 is 0. The second-order valence-electron chi connectivity index (χ2n) is 6.87. The molecule has 2 aromatic carbocycles. The van der Waals surface area contributed by atoms with Crippen molar-refractivity contribution in [2.75, 3.05) is 4.90 Å². The summed E-state index contributed by atoms with van der Waals surface area (Å²) in [6, 6.07) is 14.6. The molecule has 132 valence electrons. The lowest BCUT2D eigenvalue weighted by Crippen LogP contribution is -2.41. The van der Waals surface area contributed by atoms with Crippen molar-refractivity contribution in [3.8, 4) is 0 Å². The van der Waals surface area contributed by atoms with Crippen LogP contribution in [0.2, 0.25) is 0 Å². The molecule has 0 fully saturated rings. The van der Waals surface area contributed by atoms with Crippen LogP contribution < -0.4 is 10.6 Å². The highest BCUT2D eigenvalue weighted by molar-refractivity contribution is 5.86. The van der Waals surface area contributed by atoms with Crippen LogP contribution in [0.3, 0.4) is 0 Å². The van der Waals surface area contributed by atoms with E-state index < -0.39 is 0 Å². The number of para-hydroxylation sites is 1. The molecule has 1 amide bonds. The fourth-order valence-electron chi connectivity index (χ4n) is 3.92. The van der Waals surface area contributed by atoms with Gasteiger partial charge in [0.1, 0.15) is 5.82 Å². The van der Waals surface area contributed by atoms with E-state index in [1.165, 1.54) is 6.07 Å². The van der Waals surface area contributed by atoms with Gasteiger partial charge in [0.15, 0.2) is 0 Å². The van der Waals surface area contributed by atoms with Gasteiger partial charge in [-0.2, -0.15) is 0 Å². The van der Waals surface area contributed by atoms with Crippen LogP contribution in [0, 0.1) is 5.82 Å². The number of aromatic nitrogens is 1. The predicted molar refractivity (Wildman–Crippen MR) is 100 cm³/mol. The maximum absolute atomic E-state index is 14.1. The minimum absolute atomic E-state index is 0.101. The molecular formula is C21H20FN3O. The molecule has 0 saturated heterocycles. The number of benzene rings is 2. The van der Waals surface area contributed by atoms with Crippen LogP contribution in [-0.4, -0.2) is 16.9 Å². The Morgan fingerprint density at radius 3 is 2.88 bits per heavy atom. The van der Waals surface area contributed by atoms with Crippen LogP contribution in [0.5, 0.6) is 0 Å². The zero-order valence-corrected chi connectivity index (χ0v) is 14.5. The first-order valence-corrected chi connectivity index (χ1v) is 8.72. The Labute approximate surface area is 151 Å². The third kappa shape index (κ3) is 2.79. The zero-order valence-electron chi connectivity index (χ0n) is 14.5. The van der Waals surface area contributed by atoms with Crippen molar-refractivity contribution in [2.45, 2.75) is 31.8 Å². The molecule has 3 aromatic rings. The van der Waals surface area contributed by atoms with Gasteiger partial charge < -0.3 is 10.6 Å². The summed E-state index contributed by atoms with van der Waals surface area (Å²) in [6.07, 6.45) is 2.37. The van der Waals surface area contributed by atoms with E-state index in [4.69, 9.17) is 5.73 Å². The lowest BCUT2D eigenvalue weighted by molar-refractivity contribution is -0.119. The van der Waals surface area contributed by atoms with Crippen molar-refractivity contribution >= 4 is 22.5 Å². The number of amides is 1. The molecule has 26 heavy (non-hydrogen) atoms. The Balaban J connectivity index is 1.79. The molecule has 1 aromatic heterocycles. The van der Waals surface area contributed by atoms with Crippen LogP contribution >= 0.6 is 0 Å². The lowest BCUT2D eigenvalue weighted by Gasteiger charge is -2.40. The molecule has 1 aliphatic heterocycles. The van der Waals surface area contributed by atoms with Gasteiger partial charge in [-0.3, -0.25) is 9.78 Å². The zero-order chi connectivity index (χ0) is 18.3. The topological polar surface area (TPSA) is 59.2 Å². The van der Waals surface area contributed by atoms with E-state index in [-0.39, 0.29) is 23.7 Å². The van der Waals surface area contributed by atoms with Crippen LogP contribution in [0.25, 0.3) is 10.9 Å². The highest BCUT2D eigenvalue weighted by atomic mass is 19.1. The fourth-order valence-corrected chi connectivity index (χ4v) is 3.92. The first-order valence-electron chi connectivity index (χ1n) is 8.72.